The van der Waals surface area contributed by atoms with Crippen LogP contribution in [0, 0.1) is 12.8 Å². The number of sulfonamides is 1. The van der Waals surface area contributed by atoms with Gasteiger partial charge in [0.15, 0.2) is 5.69 Å². The molecule has 4 rings (SSSR count). The first-order valence-electron chi connectivity index (χ1n) is 13.7. The van der Waals surface area contributed by atoms with Gasteiger partial charge >= 0.3 is 18.2 Å². The lowest BCUT2D eigenvalue weighted by Gasteiger charge is -2.28. The smallest absolute Gasteiger partial charge is 0.435 e. The molecule has 0 saturated carbocycles. The Bertz CT molecular complexity index is 1620. The third-order valence-corrected chi connectivity index (χ3v) is 8.02. The van der Waals surface area contributed by atoms with Crippen LogP contribution in [0.2, 0.25) is 0 Å². The highest BCUT2D eigenvalue weighted by Gasteiger charge is 2.35. The number of esters is 1. The minimum absolute atomic E-state index is 0.0338. The fourth-order valence-electron chi connectivity index (χ4n) is 4.37. The number of carbonyl (C=O) groups excluding carboxylic acids is 2. The molecule has 0 aliphatic carbocycles. The number of amides is 1. The number of ether oxygens (including phenoxy) is 2. The van der Waals surface area contributed by atoms with Gasteiger partial charge in [-0.25, -0.2) is 22.6 Å². The lowest BCUT2D eigenvalue weighted by Crippen LogP contribution is -2.35. The molecule has 1 fully saturated rings. The number of alkyl halides is 3. The van der Waals surface area contributed by atoms with E-state index in [1.54, 1.807) is 29.3 Å². The van der Waals surface area contributed by atoms with Crippen LogP contribution < -0.4 is 4.72 Å². The lowest BCUT2D eigenvalue weighted by atomic mass is 9.99. The normalized spacial score (nSPS) is 15.1. The van der Waals surface area contributed by atoms with Crippen LogP contribution in [0.25, 0.3) is 16.9 Å². The largest absolute Gasteiger partial charge is 0.449 e. The van der Waals surface area contributed by atoms with Gasteiger partial charge in [0, 0.05) is 37.8 Å². The van der Waals surface area contributed by atoms with Crippen LogP contribution in [0.15, 0.2) is 70.0 Å². The third-order valence-electron chi connectivity index (χ3n) is 6.69. The highest BCUT2D eigenvalue weighted by molar-refractivity contribution is 7.90. The summed E-state index contributed by atoms with van der Waals surface area (Å²) in [6.07, 6.45) is -5.59. The molecule has 0 spiro atoms. The summed E-state index contributed by atoms with van der Waals surface area (Å²) in [5.74, 6) is -0.569. The van der Waals surface area contributed by atoms with Crippen molar-refractivity contribution in [1.82, 2.24) is 19.5 Å². The summed E-state index contributed by atoms with van der Waals surface area (Å²) >= 11 is 0. The zero-order valence-electron chi connectivity index (χ0n) is 24.5. The number of carbonyl (C=O) groups is 2. The van der Waals surface area contributed by atoms with Crippen molar-refractivity contribution in [2.24, 2.45) is 16.4 Å². The van der Waals surface area contributed by atoms with Gasteiger partial charge in [0.05, 0.1) is 22.9 Å². The van der Waals surface area contributed by atoms with E-state index in [-0.39, 0.29) is 28.8 Å². The minimum atomic E-state index is -4.69. The van der Waals surface area contributed by atoms with E-state index < -0.39 is 40.2 Å². The Morgan fingerprint density at radius 1 is 1.09 bits per heavy atom. The van der Waals surface area contributed by atoms with E-state index >= 15 is 0 Å². The number of hydrogen-bond acceptors (Lipinski definition) is 10. The maximum atomic E-state index is 13.5. The molecule has 1 amide bonds. The number of aryl methyl sites for hydroxylation is 1. The average molecular weight is 653 g/mol. The molecule has 2 aromatic carbocycles. The molecular weight excluding hydrogens is 621 g/mol. The molecule has 17 heteroatoms. The second-order valence-electron chi connectivity index (χ2n) is 10.2. The number of aromatic nitrogens is 2. The summed E-state index contributed by atoms with van der Waals surface area (Å²) in [6, 6.07) is 12.6. The molecule has 0 radical (unpaired) electrons. The number of nitrogens with zero attached hydrogens (tertiary/aromatic N) is 5. The predicted octanol–water partition coefficient (Wildman–Crippen LogP) is 5.20. The summed E-state index contributed by atoms with van der Waals surface area (Å²) in [5.41, 5.74) is 0.647. The molecule has 1 aliphatic rings. The van der Waals surface area contributed by atoms with Crippen molar-refractivity contribution in [3.63, 3.8) is 0 Å². The summed E-state index contributed by atoms with van der Waals surface area (Å²) in [6.45, 7) is 5.49. The van der Waals surface area contributed by atoms with Crippen molar-refractivity contribution in [2.45, 2.75) is 51.0 Å². The van der Waals surface area contributed by atoms with Crippen LogP contribution in [0.1, 0.15) is 37.9 Å². The average Bonchev–Trinajstić information content (AvgIpc) is 3.43. The molecule has 1 aromatic heterocycles. The molecule has 0 bridgehead atoms. The number of piperidine rings is 1. The van der Waals surface area contributed by atoms with Gasteiger partial charge in [-0.2, -0.15) is 18.3 Å². The van der Waals surface area contributed by atoms with E-state index in [2.05, 4.69) is 15.6 Å². The first kappa shape index (κ1) is 33.2. The van der Waals surface area contributed by atoms with E-state index in [1.165, 1.54) is 26.0 Å². The first-order valence-corrected chi connectivity index (χ1v) is 15.2. The van der Waals surface area contributed by atoms with Gasteiger partial charge in [-0.3, -0.25) is 9.80 Å². The number of halogens is 3. The second-order valence-corrected chi connectivity index (χ2v) is 11.9. The van der Waals surface area contributed by atoms with Gasteiger partial charge in [0.1, 0.15) is 0 Å². The molecule has 1 saturated heterocycles. The van der Waals surface area contributed by atoms with E-state index in [0.717, 1.165) is 28.4 Å². The van der Waals surface area contributed by atoms with Crippen LogP contribution in [0.5, 0.6) is 0 Å². The summed E-state index contributed by atoms with van der Waals surface area (Å²) in [7, 11) is -4.35. The van der Waals surface area contributed by atoms with E-state index in [4.69, 9.17) is 14.3 Å². The van der Waals surface area contributed by atoms with Gasteiger partial charge in [-0.15, -0.1) is 0 Å². The highest BCUT2D eigenvalue weighted by Crippen LogP contribution is 2.33. The first-order chi connectivity index (χ1) is 21.2. The topological polar surface area (TPSA) is 154 Å². The van der Waals surface area contributed by atoms with Crippen LogP contribution in [-0.2, 0) is 35.3 Å². The van der Waals surface area contributed by atoms with Crippen molar-refractivity contribution >= 4 is 22.1 Å². The third kappa shape index (κ3) is 9.17. The van der Waals surface area contributed by atoms with Crippen molar-refractivity contribution < 1.29 is 45.5 Å². The van der Waals surface area contributed by atoms with Crippen molar-refractivity contribution in [3.8, 4) is 16.9 Å². The van der Waals surface area contributed by atoms with Gasteiger partial charge in [-0.05, 0) is 61.2 Å². The van der Waals surface area contributed by atoms with E-state index in [1.807, 2.05) is 11.6 Å². The SMILES string of the molecule is CC(=O)OC(C)O/N=N\N1CCC(COC(=O)NS(=O)(=O)c2ccc(-n3nc(C(F)(F)F)cc3-c3ccc(C)cc3)cc2)CC1. The van der Waals surface area contributed by atoms with Gasteiger partial charge < -0.3 is 14.3 Å². The molecule has 1 N–H and O–H groups in total. The molecule has 1 aliphatic heterocycles. The number of nitrogens with one attached hydrogen (secondary N) is 1. The second kappa shape index (κ2) is 14.0. The molecular formula is C28H31F3N6O7S. The van der Waals surface area contributed by atoms with Crippen LogP contribution in [0.3, 0.4) is 0 Å². The number of hydrogen-bond donors (Lipinski definition) is 1. The maximum Gasteiger partial charge on any atom is 0.435 e. The Morgan fingerprint density at radius 3 is 2.33 bits per heavy atom. The standard InChI is InChI=1S/C28H31F3N6O7S/c1-18-4-6-22(7-5-18)25-16-26(28(29,30)31)32-37(25)23-8-10-24(11-9-23)45(40,41)33-27(39)42-17-21-12-14-36(15-13-21)34-35-44-20(3)43-19(2)38/h4-11,16,20-21H,12-15,17H2,1-3H3,(H,33,39)/b35-34-. The molecule has 1 unspecified atom stereocenters. The molecule has 2 heterocycles. The van der Waals surface area contributed by atoms with Crippen molar-refractivity contribution in [2.75, 3.05) is 19.7 Å². The Kier molecular flexibility index (Phi) is 10.3. The summed E-state index contributed by atoms with van der Waals surface area (Å²) in [4.78, 5) is 27.8. The van der Waals surface area contributed by atoms with Crippen molar-refractivity contribution in [3.05, 3.63) is 65.9 Å². The quantitative estimate of drug-likeness (QED) is 0.135. The van der Waals surface area contributed by atoms with Crippen LogP contribution >= 0.6 is 0 Å². The van der Waals surface area contributed by atoms with Gasteiger partial charge in [0.2, 0.25) is 0 Å². The molecule has 1 atom stereocenters. The molecule has 45 heavy (non-hydrogen) atoms. The molecule has 13 nitrogen and oxygen atoms in total. The summed E-state index contributed by atoms with van der Waals surface area (Å²) in [5, 5.41) is 12.8. The highest BCUT2D eigenvalue weighted by atomic mass is 32.2. The van der Waals surface area contributed by atoms with E-state index in [0.29, 0.717) is 31.5 Å². The van der Waals surface area contributed by atoms with Gasteiger partial charge in [0.25, 0.3) is 16.3 Å². The van der Waals surface area contributed by atoms with Crippen LogP contribution in [0.4, 0.5) is 18.0 Å². The Labute approximate surface area is 256 Å². The Hall–Kier alpha value is -4.67. The zero-order chi connectivity index (χ0) is 32.8. The van der Waals surface area contributed by atoms with Gasteiger partial charge in [-0.1, -0.05) is 29.8 Å². The molecule has 242 valence electrons. The maximum absolute atomic E-state index is 13.5. The van der Waals surface area contributed by atoms with Crippen molar-refractivity contribution in [1.29, 1.82) is 0 Å². The number of benzene rings is 2. The Morgan fingerprint density at radius 2 is 1.73 bits per heavy atom. The lowest BCUT2D eigenvalue weighted by molar-refractivity contribution is -0.175. The minimum Gasteiger partial charge on any atom is -0.449 e. The predicted molar refractivity (Wildman–Crippen MR) is 152 cm³/mol. The monoisotopic (exact) mass is 652 g/mol. The fourth-order valence-corrected chi connectivity index (χ4v) is 5.26. The van der Waals surface area contributed by atoms with E-state index in [9.17, 15) is 31.2 Å². The zero-order valence-corrected chi connectivity index (χ0v) is 25.3. The fraction of sp³-hybridized carbons (Fsp3) is 0.393. The number of rotatable bonds is 10. The Balaban J connectivity index is 1.33. The summed E-state index contributed by atoms with van der Waals surface area (Å²) < 4.78 is 78.9. The molecule has 3 aromatic rings. The van der Waals surface area contributed by atoms with Crippen LogP contribution in [-0.4, -0.2) is 61.3 Å².